The maximum absolute atomic E-state index is 12.5. The third-order valence-electron chi connectivity index (χ3n) is 3.67. The van der Waals surface area contributed by atoms with Crippen LogP contribution in [0.1, 0.15) is 40.0 Å². The van der Waals surface area contributed by atoms with Gasteiger partial charge in [0.2, 0.25) is 0 Å². The molecule has 1 rings (SSSR count). The van der Waals surface area contributed by atoms with E-state index in [2.05, 4.69) is 0 Å². The highest BCUT2D eigenvalue weighted by molar-refractivity contribution is 5.86. The normalized spacial score (nSPS) is 22.4. The minimum atomic E-state index is -1.13. The average Bonchev–Trinajstić information content (AvgIpc) is 2.72. The van der Waals surface area contributed by atoms with Crippen LogP contribution in [-0.4, -0.2) is 51.6 Å². The van der Waals surface area contributed by atoms with Gasteiger partial charge in [0.05, 0.1) is 12.5 Å². The fraction of sp³-hybridized carbons (Fsp3) is 0.769. The minimum Gasteiger partial charge on any atom is -0.480 e. The Labute approximate surface area is 113 Å². The first-order chi connectivity index (χ1) is 8.84. The largest absolute Gasteiger partial charge is 0.480 e. The Morgan fingerprint density at radius 1 is 1.53 bits per heavy atom. The number of amides is 2. The van der Waals surface area contributed by atoms with E-state index in [0.717, 1.165) is 0 Å². The van der Waals surface area contributed by atoms with Crippen molar-refractivity contribution in [2.45, 2.75) is 51.6 Å². The molecule has 1 unspecified atom stereocenters. The summed E-state index contributed by atoms with van der Waals surface area (Å²) in [5.74, 6) is -0.970. The number of carbonyl (C=O) groups excluding carboxylic acids is 1. The molecule has 1 atom stereocenters. The molecule has 1 aliphatic heterocycles. The summed E-state index contributed by atoms with van der Waals surface area (Å²) in [7, 11) is 0. The van der Waals surface area contributed by atoms with Crippen molar-refractivity contribution in [2.24, 2.45) is 0 Å². The number of carboxylic acid groups (broad SMARTS) is 1. The topological polar surface area (TPSA) is 84.6 Å². The number of nitriles is 1. The third kappa shape index (κ3) is 2.98. The Bertz CT molecular complexity index is 402. The van der Waals surface area contributed by atoms with Crippen LogP contribution < -0.4 is 0 Å². The Kier molecular flexibility index (Phi) is 4.76. The number of hydrogen-bond donors (Lipinski definition) is 1. The zero-order valence-corrected chi connectivity index (χ0v) is 11.7. The van der Waals surface area contributed by atoms with Crippen molar-refractivity contribution in [1.29, 1.82) is 5.26 Å². The first-order valence-corrected chi connectivity index (χ1v) is 6.53. The molecule has 0 bridgehead atoms. The van der Waals surface area contributed by atoms with Crippen molar-refractivity contribution in [3.63, 3.8) is 0 Å². The summed E-state index contributed by atoms with van der Waals surface area (Å²) in [6, 6.07) is 1.67. The molecule has 19 heavy (non-hydrogen) atoms. The Balaban J connectivity index is 2.90. The average molecular weight is 267 g/mol. The van der Waals surface area contributed by atoms with Gasteiger partial charge in [-0.05, 0) is 33.6 Å². The summed E-state index contributed by atoms with van der Waals surface area (Å²) in [5.41, 5.74) is -1.13. The fourth-order valence-corrected chi connectivity index (χ4v) is 2.39. The zero-order valence-electron chi connectivity index (χ0n) is 11.7. The maximum Gasteiger partial charge on any atom is 0.329 e. The van der Waals surface area contributed by atoms with Gasteiger partial charge < -0.3 is 14.9 Å². The molecule has 0 spiro atoms. The van der Waals surface area contributed by atoms with Crippen molar-refractivity contribution in [3.8, 4) is 6.07 Å². The first-order valence-electron chi connectivity index (χ1n) is 6.53. The highest BCUT2D eigenvalue weighted by atomic mass is 16.4. The molecule has 6 heteroatoms. The molecular formula is C13H21N3O3. The molecule has 0 aromatic carbocycles. The van der Waals surface area contributed by atoms with E-state index in [0.29, 0.717) is 25.9 Å². The van der Waals surface area contributed by atoms with Gasteiger partial charge >= 0.3 is 12.0 Å². The Morgan fingerprint density at radius 2 is 2.16 bits per heavy atom. The lowest BCUT2D eigenvalue weighted by molar-refractivity contribution is -0.147. The van der Waals surface area contributed by atoms with Crippen LogP contribution in [0.25, 0.3) is 0 Å². The number of aliphatic carboxylic acids is 1. The molecule has 0 radical (unpaired) electrons. The number of likely N-dealkylation sites (tertiary alicyclic amines) is 1. The molecule has 2 amide bonds. The van der Waals surface area contributed by atoms with Gasteiger partial charge in [0.25, 0.3) is 0 Å². The molecule has 1 N–H and O–H groups in total. The quantitative estimate of drug-likeness (QED) is 0.839. The lowest BCUT2D eigenvalue weighted by Crippen LogP contribution is -2.56. The molecule has 1 heterocycles. The smallest absolute Gasteiger partial charge is 0.329 e. The maximum atomic E-state index is 12.5. The van der Waals surface area contributed by atoms with E-state index in [9.17, 15) is 14.7 Å². The van der Waals surface area contributed by atoms with Gasteiger partial charge in [0.15, 0.2) is 0 Å². The van der Waals surface area contributed by atoms with Crippen LogP contribution in [0.5, 0.6) is 0 Å². The predicted octanol–water partition coefficient (Wildman–Crippen LogP) is 1.67. The van der Waals surface area contributed by atoms with Crippen molar-refractivity contribution in [1.82, 2.24) is 9.80 Å². The number of hydrogen-bond acceptors (Lipinski definition) is 3. The molecule has 1 saturated heterocycles. The highest BCUT2D eigenvalue weighted by Gasteiger charge is 2.47. The molecule has 0 saturated carbocycles. The summed E-state index contributed by atoms with van der Waals surface area (Å²) in [5, 5.41) is 18.0. The van der Waals surface area contributed by atoms with Gasteiger partial charge in [-0.1, -0.05) is 0 Å². The van der Waals surface area contributed by atoms with Crippen molar-refractivity contribution >= 4 is 12.0 Å². The number of carbonyl (C=O) groups is 2. The summed E-state index contributed by atoms with van der Waals surface area (Å²) >= 11 is 0. The first kappa shape index (κ1) is 15.3. The second-order valence-electron chi connectivity index (χ2n) is 5.31. The van der Waals surface area contributed by atoms with E-state index in [1.54, 1.807) is 11.8 Å². The second kappa shape index (κ2) is 5.91. The second-order valence-corrected chi connectivity index (χ2v) is 5.31. The standard InChI is InChI=1S/C13H21N3O3/c1-10(2)15(8-5-7-14)12(19)16-9-4-6-13(16,3)11(17)18/h10H,4-6,8-9H2,1-3H3,(H,17,18). The van der Waals surface area contributed by atoms with E-state index in [4.69, 9.17) is 5.26 Å². The number of nitrogens with zero attached hydrogens (tertiary/aromatic N) is 3. The van der Waals surface area contributed by atoms with E-state index < -0.39 is 11.5 Å². The SMILES string of the molecule is CC(C)N(CCC#N)C(=O)N1CCCC1(C)C(=O)O. The molecular weight excluding hydrogens is 246 g/mol. The van der Waals surface area contributed by atoms with E-state index in [1.807, 2.05) is 19.9 Å². The minimum absolute atomic E-state index is 0.0560. The number of urea groups is 1. The van der Waals surface area contributed by atoms with Gasteiger partial charge in [-0.3, -0.25) is 0 Å². The van der Waals surface area contributed by atoms with E-state index in [1.165, 1.54) is 4.90 Å². The van der Waals surface area contributed by atoms with Crippen LogP contribution in [0.15, 0.2) is 0 Å². The lowest BCUT2D eigenvalue weighted by atomic mass is 9.99. The molecule has 1 aliphatic rings. The third-order valence-corrected chi connectivity index (χ3v) is 3.67. The van der Waals surface area contributed by atoms with Gasteiger partial charge in [-0.2, -0.15) is 5.26 Å². The van der Waals surface area contributed by atoms with Gasteiger partial charge in [-0.15, -0.1) is 0 Å². The fourth-order valence-electron chi connectivity index (χ4n) is 2.39. The van der Waals surface area contributed by atoms with Crippen LogP contribution >= 0.6 is 0 Å². The van der Waals surface area contributed by atoms with E-state index >= 15 is 0 Å². The molecule has 1 fully saturated rings. The predicted molar refractivity (Wildman–Crippen MR) is 69.4 cm³/mol. The molecule has 106 valence electrons. The lowest BCUT2D eigenvalue weighted by Gasteiger charge is -2.37. The zero-order chi connectivity index (χ0) is 14.6. The molecule has 0 aromatic rings. The van der Waals surface area contributed by atoms with E-state index in [-0.39, 0.29) is 18.5 Å². The number of rotatable bonds is 4. The van der Waals surface area contributed by atoms with Crippen molar-refractivity contribution < 1.29 is 14.7 Å². The Hall–Kier alpha value is -1.77. The van der Waals surface area contributed by atoms with Crippen LogP contribution in [0, 0.1) is 11.3 Å². The highest BCUT2D eigenvalue weighted by Crippen LogP contribution is 2.30. The van der Waals surface area contributed by atoms with Crippen LogP contribution in [-0.2, 0) is 4.79 Å². The van der Waals surface area contributed by atoms with Crippen LogP contribution in [0.2, 0.25) is 0 Å². The summed E-state index contributed by atoms with van der Waals surface area (Å²) in [6.45, 7) is 6.10. The summed E-state index contributed by atoms with van der Waals surface area (Å²) in [4.78, 5) is 26.9. The van der Waals surface area contributed by atoms with Crippen molar-refractivity contribution in [3.05, 3.63) is 0 Å². The molecule has 0 aromatic heterocycles. The monoisotopic (exact) mass is 267 g/mol. The van der Waals surface area contributed by atoms with Crippen LogP contribution in [0.4, 0.5) is 4.79 Å². The summed E-state index contributed by atoms with van der Waals surface area (Å²) in [6.07, 6.45) is 1.42. The molecule has 0 aliphatic carbocycles. The van der Waals surface area contributed by atoms with Crippen molar-refractivity contribution in [2.75, 3.05) is 13.1 Å². The summed E-state index contributed by atoms with van der Waals surface area (Å²) < 4.78 is 0. The Morgan fingerprint density at radius 3 is 2.63 bits per heavy atom. The van der Waals surface area contributed by atoms with Crippen LogP contribution in [0.3, 0.4) is 0 Å². The van der Waals surface area contributed by atoms with Gasteiger partial charge in [0.1, 0.15) is 5.54 Å². The van der Waals surface area contributed by atoms with Gasteiger partial charge in [0, 0.05) is 19.1 Å². The van der Waals surface area contributed by atoms with Gasteiger partial charge in [-0.25, -0.2) is 9.59 Å². The number of carboxylic acids is 1. The molecule has 6 nitrogen and oxygen atoms in total.